The minimum Gasteiger partial charge on any atom is -0.340 e. The van der Waals surface area contributed by atoms with E-state index in [0.29, 0.717) is 0 Å². The van der Waals surface area contributed by atoms with Crippen molar-refractivity contribution in [3.63, 3.8) is 0 Å². The molecule has 3 atom stereocenters. The molecule has 1 aliphatic carbocycles. The third-order valence-corrected chi connectivity index (χ3v) is 6.61. The minimum atomic E-state index is -0.586. The Balaban J connectivity index is 2.60. The van der Waals surface area contributed by atoms with Crippen LogP contribution < -0.4 is 0 Å². The largest absolute Gasteiger partial charge is 0.340 e. The molecular weight excluding hydrogens is 320 g/mol. The van der Waals surface area contributed by atoms with Gasteiger partial charge in [-0.3, -0.25) is 0 Å². The summed E-state index contributed by atoms with van der Waals surface area (Å²) in [5.41, 5.74) is 0.934. The van der Waals surface area contributed by atoms with Crippen LogP contribution in [-0.2, 0) is 9.47 Å². The van der Waals surface area contributed by atoms with E-state index in [1.54, 1.807) is 0 Å². The van der Waals surface area contributed by atoms with E-state index in [1.807, 2.05) is 6.08 Å². The lowest BCUT2D eigenvalue weighted by atomic mass is 9.61. The Morgan fingerprint density at radius 3 is 2.54 bits per heavy atom. The van der Waals surface area contributed by atoms with Gasteiger partial charge in [0.2, 0.25) is 0 Å². The molecule has 26 heavy (non-hydrogen) atoms. The number of unbranched alkanes of at least 4 members (excludes halogenated alkanes) is 1. The quantitative estimate of drug-likeness (QED) is 0.435. The van der Waals surface area contributed by atoms with E-state index in [-0.39, 0.29) is 22.5 Å². The predicted molar refractivity (Wildman–Crippen MR) is 111 cm³/mol. The third kappa shape index (κ3) is 3.73. The summed E-state index contributed by atoms with van der Waals surface area (Å²) < 4.78 is 13.5. The molecule has 0 saturated carbocycles. The number of ether oxygens (including phenoxy) is 2. The Hall–Kier alpha value is -0.860. The van der Waals surface area contributed by atoms with Crippen molar-refractivity contribution in [2.24, 2.45) is 10.8 Å². The highest BCUT2D eigenvalue weighted by molar-refractivity contribution is 5.32. The number of hydrogen-bond donors (Lipinski definition) is 0. The molecule has 2 rings (SSSR count). The molecule has 1 saturated heterocycles. The van der Waals surface area contributed by atoms with Crippen LogP contribution in [0.4, 0.5) is 0 Å². The Morgan fingerprint density at radius 2 is 1.96 bits per heavy atom. The normalized spacial score (nSPS) is 34.4. The van der Waals surface area contributed by atoms with Gasteiger partial charge in [0, 0.05) is 10.8 Å². The molecule has 2 nitrogen and oxygen atoms in total. The zero-order valence-corrected chi connectivity index (χ0v) is 18.0. The van der Waals surface area contributed by atoms with E-state index in [9.17, 15) is 0 Å². The molecule has 0 aromatic heterocycles. The number of rotatable bonds is 8. The zero-order chi connectivity index (χ0) is 19.6. The van der Waals surface area contributed by atoms with E-state index < -0.39 is 5.79 Å². The van der Waals surface area contributed by atoms with E-state index in [4.69, 9.17) is 9.47 Å². The van der Waals surface area contributed by atoms with Gasteiger partial charge in [0.25, 0.3) is 0 Å². The molecule has 0 bridgehead atoms. The summed E-state index contributed by atoms with van der Waals surface area (Å²) in [7, 11) is 0. The first-order valence-corrected chi connectivity index (χ1v) is 10.4. The van der Waals surface area contributed by atoms with Crippen LogP contribution in [0.2, 0.25) is 0 Å². The van der Waals surface area contributed by atoms with Crippen molar-refractivity contribution < 1.29 is 9.47 Å². The van der Waals surface area contributed by atoms with Gasteiger partial charge >= 0.3 is 0 Å². The van der Waals surface area contributed by atoms with Crippen LogP contribution >= 0.6 is 0 Å². The van der Waals surface area contributed by atoms with E-state index in [2.05, 4.69) is 66.9 Å². The second-order valence-electron chi connectivity index (χ2n) is 9.54. The first-order valence-electron chi connectivity index (χ1n) is 10.4. The smallest absolute Gasteiger partial charge is 0.164 e. The molecule has 1 unspecified atom stereocenters. The van der Waals surface area contributed by atoms with Crippen LogP contribution in [0.25, 0.3) is 0 Å². The monoisotopic (exact) mass is 360 g/mol. The topological polar surface area (TPSA) is 18.5 Å². The summed E-state index contributed by atoms with van der Waals surface area (Å²) in [5, 5.41) is 0. The molecule has 2 aliphatic rings. The molecule has 148 valence electrons. The molecule has 0 spiro atoms. The molecule has 0 radical (unpaired) electrons. The van der Waals surface area contributed by atoms with Crippen LogP contribution in [-0.4, -0.2) is 17.5 Å². The SMILES string of the molecule is C=CCC(C)(C)[C@]1(CCCC)OC(C)(C)O[C@H]1C1=CCCCC1(C)C=C. The highest BCUT2D eigenvalue weighted by atomic mass is 16.8. The number of allylic oxidation sites excluding steroid dienone is 3. The molecule has 0 N–H and O–H groups in total. The second-order valence-corrected chi connectivity index (χ2v) is 9.54. The molecule has 1 aliphatic heterocycles. The summed E-state index contributed by atoms with van der Waals surface area (Å²) in [6.07, 6.45) is 14.2. The highest BCUT2D eigenvalue weighted by Gasteiger charge is 2.62. The van der Waals surface area contributed by atoms with Crippen molar-refractivity contribution in [3.8, 4) is 0 Å². The lowest BCUT2D eigenvalue weighted by Crippen LogP contribution is -2.54. The van der Waals surface area contributed by atoms with Crippen LogP contribution in [0.15, 0.2) is 37.0 Å². The summed E-state index contributed by atoms with van der Waals surface area (Å²) in [5.74, 6) is -0.586. The third-order valence-electron chi connectivity index (χ3n) is 6.61. The lowest BCUT2D eigenvalue weighted by Gasteiger charge is -2.49. The fraction of sp³-hybridized carbons (Fsp3) is 0.750. The molecule has 2 heteroatoms. The predicted octanol–water partition coefficient (Wildman–Crippen LogP) is 6.97. The van der Waals surface area contributed by atoms with Crippen molar-refractivity contribution in [1.29, 1.82) is 0 Å². The van der Waals surface area contributed by atoms with Crippen LogP contribution in [0.1, 0.15) is 86.5 Å². The van der Waals surface area contributed by atoms with Crippen molar-refractivity contribution in [2.75, 3.05) is 0 Å². The van der Waals surface area contributed by atoms with Crippen molar-refractivity contribution >= 4 is 0 Å². The minimum absolute atomic E-state index is 0.0194. The molecule has 0 amide bonds. The molecule has 0 aromatic rings. The first kappa shape index (κ1) is 21.4. The summed E-state index contributed by atoms with van der Waals surface area (Å²) in [6, 6.07) is 0. The van der Waals surface area contributed by atoms with Crippen LogP contribution in [0, 0.1) is 10.8 Å². The van der Waals surface area contributed by atoms with E-state index >= 15 is 0 Å². The van der Waals surface area contributed by atoms with Gasteiger partial charge in [0.05, 0.1) is 0 Å². The lowest BCUT2D eigenvalue weighted by molar-refractivity contribution is -0.188. The van der Waals surface area contributed by atoms with Gasteiger partial charge in [-0.2, -0.15) is 0 Å². The number of hydrogen-bond acceptors (Lipinski definition) is 2. The zero-order valence-electron chi connectivity index (χ0n) is 18.0. The summed E-state index contributed by atoms with van der Waals surface area (Å²) in [4.78, 5) is 0. The maximum atomic E-state index is 6.81. The second kappa shape index (κ2) is 7.64. The van der Waals surface area contributed by atoms with Crippen molar-refractivity contribution in [2.45, 2.75) is 104 Å². The Kier molecular flexibility index (Phi) is 6.30. The molecule has 1 heterocycles. The Bertz CT molecular complexity index is 557. The average Bonchev–Trinajstić information content (AvgIpc) is 2.85. The Labute approximate surface area is 161 Å². The van der Waals surface area contributed by atoms with Crippen LogP contribution in [0.5, 0.6) is 0 Å². The van der Waals surface area contributed by atoms with Gasteiger partial charge in [0.15, 0.2) is 5.79 Å². The summed E-state index contributed by atoms with van der Waals surface area (Å²) in [6.45, 7) is 21.5. The van der Waals surface area contributed by atoms with Gasteiger partial charge in [0.1, 0.15) is 11.7 Å². The van der Waals surface area contributed by atoms with Crippen molar-refractivity contribution in [3.05, 3.63) is 37.0 Å². The average molecular weight is 361 g/mol. The van der Waals surface area contributed by atoms with Crippen molar-refractivity contribution in [1.82, 2.24) is 0 Å². The van der Waals surface area contributed by atoms with Gasteiger partial charge in [-0.15, -0.1) is 13.2 Å². The van der Waals surface area contributed by atoms with Gasteiger partial charge in [-0.25, -0.2) is 0 Å². The van der Waals surface area contributed by atoms with E-state index in [1.165, 1.54) is 12.0 Å². The first-order chi connectivity index (χ1) is 12.1. The molecular formula is C24H40O2. The standard InChI is InChI=1S/C24H40O2/c1-9-12-18-24(21(4,5)16-10-2)20(25-22(6,7)26-24)19-15-13-14-17-23(19,8)11-3/h10-11,15,20H,2-3,9,12-14,16-18H2,1,4-8H3/t20-,23?,24+/m0/s1. The van der Waals surface area contributed by atoms with E-state index in [0.717, 1.165) is 38.5 Å². The van der Waals surface area contributed by atoms with Crippen LogP contribution in [0.3, 0.4) is 0 Å². The van der Waals surface area contributed by atoms with Gasteiger partial charge in [-0.05, 0) is 51.5 Å². The molecule has 1 fully saturated rings. The highest BCUT2D eigenvalue weighted by Crippen LogP contribution is 2.57. The maximum absolute atomic E-state index is 6.81. The maximum Gasteiger partial charge on any atom is 0.164 e. The fourth-order valence-electron chi connectivity index (χ4n) is 4.93. The molecule has 0 aromatic carbocycles. The Morgan fingerprint density at radius 1 is 1.27 bits per heavy atom. The van der Waals surface area contributed by atoms with Gasteiger partial charge < -0.3 is 9.47 Å². The van der Waals surface area contributed by atoms with Gasteiger partial charge in [-0.1, -0.05) is 58.8 Å². The fourth-order valence-corrected chi connectivity index (χ4v) is 4.93. The summed E-state index contributed by atoms with van der Waals surface area (Å²) >= 11 is 0.